The smallest absolute Gasteiger partial charge is 0.227 e. The summed E-state index contributed by atoms with van der Waals surface area (Å²) in [6.45, 7) is 6.37. The number of carbonyl (C=O) groups excluding carboxylic acids is 1. The summed E-state index contributed by atoms with van der Waals surface area (Å²) < 4.78 is 2.06. The standard InChI is InChI=1S/C14H20N4O/c1-9-17-11-7-10(15)5-6-12(11)18(9)8-14(2,3)13(19)16-4/h5-7H,8,15H2,1-4H3,(H,16,19). The number of hydrogen-bond acceptors (Lipinski definition) is 3. The third kappa shape index (κ3) is 2.41. The van der Waals surface area contributed by atoms with Crippen LogP contribution in [0.2, 0.25) is 0 Å². The third-order valence-electron chi connectivity index (χ3n) is 3.36. The zero-order valence-electron chi connectivity index (χ0n) is 11.8. The van der Waals surface area contributed by atoms with Gasteiger partial charge in [-0.1, -0.05) is 0 Å². The molecule has 0 aliphatic heterocycles. The van der Waals surface area contributed by atoms with Gasteiger partial charge >= 0.3 is 0 Å². The van der Waals surface area contributed by atoms with Gasteiger partial charge in [-0.3, -0.25) is 4.79 Å². The highest BCUT2D eigenvalue weighted by molar-refractivity contribution is 5.83. The van der Waals surface area contributed by atoms with E-state index in [0.29, 0.717) is 12.2 Å². The lowest BCUT2D eigenvalue weighted by atomic mass is 9.92. The Morgan fingerprint density at radius 3 is 2.79 bits per heavy atom. The Kier molecular flexibility index (Phi) is 3.22. The van der Waals surface area contributed by atoms with Gasteiger partial charge in [0.2, 0.25) is 5.91 Å². The van der Waals surface area contributed by atoms with E-state index in [1.54, 1.807) is 7.05 Å². The first kappa shape index (κ1) is 13.4. The van der Waals surface area contributed by atoms with Crippen molar-refractivity contribution in [3.05, 3.63) is 24.0 Å². The summed E-state index contributed by atoms with van der Waals surface area (Å²) >= 11 is 0. The van der Waals surface area contributed by atoms with Gasteiger partial charge in [-0.05, 0) is 39.0 Å². The Morgan fingerprint density at radius 2 is 2.16 bits per heavy atom. The van der Waals surface area contributed by atoms with E-state index in [0.717, 1.165) is 16.9 Å². The molecule has 0 atom stereocenters. The van der Waals surface area contributed by atoms with Crippen LogP contribution in [-0.4, -0.2) is 22.5 Å². The van der Waals surface area contributed by atoms with Crippen LogP contribution in [0.5, 0.6) is 0 Å². The Bertz CT molecular complexity index is 628. The summed E-state index contributed by atoms with van der Waals surface area (Å²) in [6, 6.07) is 5.66. The van der Waals surface area contributed by atoms with Crippen molar-refractivity contribution >= 4 is 22.6 Å². The molecule has 5 heteroatoms. The van der Waals surface area contributed by atoms with Crippen molar-refractivity contribution in [1.29, 1.82) is 0 Å². The van der Waals surface area contributed by atoms with E-state index in [1.807, 2.05) is 39.0 Å². The molecular formula is C14H20N4O. The summed E-state index contributed by atoms with van der Waals surface area (Å²) in [5, 5.41) is 2.70. The molecule has 1 aromatic heterocycles. The van der Waals surface area contributed by atoms with E-state index in [-0.39, 0.29) is 5.91 Å². The van der Waals surface area contributed by atoms with Crippen LogP contribution in [0.15, 0.2) is 18.2 Å². The van der Waals surface area contributed by atoms with Crippen LogP contribution in [0.25, 0.3) is 11.0 Å². The monoisotopic (exact) mass is 260 g/mol. The van der Waals surface area contributed by atoms with E-state index in [1.165, 1.54) is 0 Å². The molecule has 0 unspecified atom stereocenters. The fourth-order valence-corrected chi connectivity index (χ4v) is 2.27. The maximum absolute atomic E-state index is 11.9. The quantitative estimate of drug-likeness (QED) is 0.825. The molecular weight excluding hydrogens is 240 g/mol. The van der Waals surface area contributed by atoms with Crippen molar-refractivity contribution in [2.45, 2.75) is 27.3 Å². The number of hydrogen-bond donors (Lipinski definition) is 2. The third-order valence-corrected chi connectivity index (χ3v) is 3.36. The molecule has 0 spiro atoms. The molecule has 0 saturated carbocycles. The first-order valence-corrected chi connectivity index (χ1v) is 6.30. The second-order valence-electron chi connectivity index (χ2n) is 5.46. The van der Waals surface area contributed by atoms with Gasteiger partial charge in [0, 0.05) is 19.3 Å². The largest absolute Gasteiger partial charge is 0.399 e. The normalized spacial score (nSPS) is 11.8. The second-order valence-corrected chi connectivity index (χ2v) is 5.46. The zero-order valence-corrected chi connectivity index (χ0v) is 11.8. The van der Waals surface area contributed by atoms with Crippen LogP contribution < -0.4 is 11.1 Å². The number of rotatable bonds is 3. The number of nitrogens with two attached hydrogens (primary N) is 1. The van der Waals surface area contributed by atoms with Crippen molar-refractivity contribution in [2.75, 3.05) is 12.8 Å². The second kappa shape index (κ2) is 4.57. The molecule has 3 N–H and O–H groups in total. The molecule has 0 bridgehead atoms. The van der Waals surface area contributed by atoms with E-state index in [2.05, 4.69) is 14.9 Å². The zero-order chi connectivity index (χ0) is 14.2. The summed E-state index contributed by atoms with van der Waals surface area (Å²) in [7, 11) is 1.66. The topological polar surface area (TPSA) is 72.9 Å². The predicted molar refractivity (Wildman–Crippen MR) is 76.7 cm³/mol. The minimum absolute atomic E-state index is 0.0178. The lowest BCUT2D eigenvalue weighted by molar-refractivity contribution is -0.129. The van der Waals surface area contributed by atoms with Gasteiger partial charge in [0.1, 0.15) is 5.82 Å². The molecule has 19 heavy (non-hydrogen) atoms. The Labute approximate surface area is 112 Å². The molecule has 0 radical (unpaired) electrons. The lowest BCUT2D eigenvalue weighted by Gasteiger charge is -2.24. The predicted octanol–water partition coefficient (Wildman–Crippen LogP) is 1.70. The average molecular weight is 260 g/mol. The minimum Gasteiger partial charge on any atom is -0.399 e. The van der Waals surface area contributed by atoms with Crippen molar-refractivity contribution in [2.24, 2.45) is 5.41 Å². The maximum Gasteiger partial charge on any atom is 0.227 e. The molecule has 0 saturated heterocycles. The van der Waals surface area contributed by atoms with E-state index in [4.69, 9.17) is 5.73 Å². The van der Waals surface area contributed by atoms with E-state index in [9.17, 15) is 4.79 Å². The number of fused-ring (bicyclic) bond motifs is 1. The van der Waals surface area contributed by atoms with Crippen LogP contribution in [0.1, 0.15) is 19.7 Å². The number of imidazole rings is 1. The number of aryl methyl sites for hydroxylation is 1. The number of amides is 1. The van der Waals surface area contributed by atoms with Gasteiger partial charge in [-0.15, -0.1) is 0 Å². The highest BCUT2D eigenvalue weighted by atomic mass is 16.2. The fraction of sp³-hybridized carbons (Fsp3) is 0.429. The van der Waals surface area contributed by atoms with Gasteiger partial charge in [0.05, 0.1) is 16.4 Å². The molecule has 102 valence electrons. The summed E-state index contributed by atoms with van der Waals surface area (Å²) in [4.78, 5) is 16.4. The summed E-state index contributed by atoms with van der Waals surface area (Å²) in [5.41, 5.74) is 7.84. The molecule has 2 aromatic rings. The van der Waals surface area contributed by atoms with Crippen molar-refractivity contribution in [3.63, 3.8) is 0 Å². The number of anilines is 1. The maximum atomic E-state index is 11.9. The number of carbonyl (C=O) groups is 1. The summed E-state index contributed by atoms with van der Waals surface area (Å²) in [6.07, 6.45) is 0. The highest BCUT2D eigenvalue weighted by Crippen LogP contribution is 2.25. The average Bonchev–Trinajstić information content (AvgIpc) is 2.63. The van der Waals surface area contributed by atoms with Crippen LogP contribution in [-0.2, 0) is 11.3 Å². The van der Waals surface area contributed by atoms with E-state index >= 15 is 0 Å². The molecule has 0 aliphatic carbocycles. The number of aromatic nitrogens is 2. The number of nitrogens with zero attached hydrogens (tertiary/aromatic N) is 2. The molecule has 0 aliphatic rings. The molecule has 5 nitrogen and oxygen atoms in total. The Morgan fingerprint density at radius 1 is 1.47 bits per heavy atom. The first-order chi connectivity index (χ1) is 8.85. The highest BCUT2D eigenvalue weighted by Gasteiger charge is 2.28. The molecule has 2 rings (SSSR count). The van der Waals surface area contributed by atoms with Gasteiger partial charge in [-0.25, -0.2) is 4.98 Å². The lowest BCUT2D eigenvalue weighted by Crippen LogP contribution is -2.37. The molecule has 1 amide bonds. The van der Waals surface area contributed by atoms with E-state index < -0.39 is 5.41 Å². The summed E-state index contributed by atoms with van der Waals surface area (Å²) in [5.74, 6) is 0.904. The number of nitrogen functional groups attached to an aromatic ring is 1. The molecule has 1 aromatic carbocycles. The van der Waals surface area contributed by atoms with Gasteiger partial charge in [-0.2, -0.15) is 0 Å². The molecule has 1 heterocycles. The minimum atomic E-state index is -0.492. The SMILES string of the molecule is CNC(=O)C(C)(C)Cn1c(C)nc2cc(N)ccc21. The van der Waals surface area contributed by atoms with Crippen molar-refractivity contribution < 1.29 is 4.79 Å². The fourth-order valence-electron chi connectivity index (χ4n) is 2.27. The van der Waals surface area contributed by atoms with Crippen LogP contribution >= 0.6 is 0 Å². The van der Waals surface area contributed by atoms with Crippen LogP contribution in [0.4, 0.5) is 5.69 Å². The van der Waals surface area contributed by atoms with Gasteiger partial charge < -0.3 is 15.6 Å². The first-order valence-electron chi connectivity index (χ1n) is 6.30. The van der Waals surface area contributed by atoms with Crippen LogP contribution in [0.3, 0.4) is 0 Å². The number of nitrogens with one attached hydrogen (secondary N) is 1. The number of benzene rings is 1. The van der Waals surface area contributed by atoms with Gasteiger partial charge in [0.25, 0.3) is 0 Å². The van der Waals surface area contributed by atoms with Crippen molar-refractivity contribution in [1.82, 2.24) is 14.9 Å². The van der Waals surface area contributed by atoms with Crippen molar-refractivity contribution in [3.8, 4) is 0 Å². The Balaban J connectivity index is 2.46. The van der Waals surface area contributed by atoms with Crippen LogP contribution in [0, 0.1) is 12.3 Å². The molecule has 0 fully saturated rings. The Hall–Kier alpha value is -2.04. The van der Waals surface area contributed by atoms with Gasteiger partial charge in [0.15, 0.2) is 0 Å².